The molecule has 1 fully saturated rings. The molecule has 0 aromatic rings. The van der Waals surface area contributed by atoms with E-state index < -0.39 is 6.88 Å². The van der Waals surface area contributed by atoms with Crippen molar-refractivity contribution in [2.75, 3.05) is 0 Å². The van der Waals surface area contributed by atoms with E-state index in [4.69, 9.17) is 0 Å². The number of hydrogen-bond donors (Lipinski definition) is 0. The van der Waals surface area contributed by atoms with Gasteiger partial charge in [0, 0.05) is 0 Å². The summed E-state index contributed by atoms with van der Waals surface area (Å²) in [6, 6.07) is 0. The van der Waals surface area contributed by atoms with Crippen LogP contribution in [0.2, 0.25) is 12.6 Å². The molecular formula is C9H18B2F. The molecule has 1 aliphatic rings. The second kappa shape index (κ2) is 5.66. The van der Waals surface area contributed by atoms with E-state index >= 15 is 0 Å². The lowest BCUT2D eigenvalue weighted by Crippen LogP contribution is -2.22. The lowest BCUT2D eigenvalue weighted by atomic mass is 9.29. The van der Waals surface area contributed by atoms with Gasteiger partial charge in [-0.25, -0.2) is 0 Å². The first-order chi connectivity index (χ1) is 5.84. The van der Waals surface area contributed by atoms with Crippen LogP contribution in [-0.4, -0.2) is 14.1 Å². The summed E-state index contributed by atoms with van der Waals surface area (Å²) >= 11 is 0. The fraction of sp³-hybridized carbons (Fsp3) is 1.00. The van der Waals surface area contributed by atoms with Crippen LogP contribution in [0.5, 0.6) is 0 Å². The minimum atomic E-state index is -0.650. The van der Waals surface area contributed by atoms with E-state index in [1.807, 2.05) is 6.82 Å². The van der Waals surface area contributed by atoms with E-state index in [1.54, 1.807) is 7.17 Å². The highest BCUT2D eigenvalue weighted by Crippen LogP contribution is 2.29. The largest absolute Gasteiger partial charge is 0.348 e. The lowest BCUT2D eigenvalue weighted by Gasteiger charge is -2.19. The minimum Gasteiger partial charge on any atom is -0.348 e. The molecule has 0 bridgehead atoms. The molecule has 1 aliphatic carbocycles. The molecule has 67 valence electrons. The predicted molar refractivity (Wildman–Crippen MR) is 54.5 cm³/mol. The zero-order valence-electron chi connectivity index (χ0n) is 8.06. The van der Waals surface area contributed by atoms with Gasteiger partial charge in [0.1, 0.15) is 7.17 Å². The van der Waals surface area contributed by atoms with E-state index in [9.17, 15) is 4.32 Å². The Balaban J connectivity index is 2.29. The molecule has 12 heavy (non-hydrogen) atoms. The average molecular weight is 167 g/mol. The van der Waals surface area contributed by atoms with Crippen molar-refractivity contribution in [2.45, 2.75) is 57.6 Å². The Morgan fingerprint density at radius 1 is 1.08 bits per heavy atom. The van der Waals surface area contributed by atoms with Gasteiger partial charge in [0.15, 0.2) is 0 Å². The second-order valence-electron chi connectivity index (χ2n) is 3.88. The third-order valence-electron chi connectivity index (χ3n) is 2.92. The first-order valence-corrected chi connectivity index (χ1v) is 5.28. The molecule has 0 aliphatic heterocycles. The molecule has 0 N–H and O–H groups in total. The summed E-state index contributed by atoms with van der Waals surface area (Å²) in [5, 5.41) is 0. The van der Waals surface area contributed by atoms with Crippen LogP contribution in [0.15, 0.2) is 0 Å². The van der Waals surface area contributed by atoms with Gasteiger partial charge in [-0.2, -0.15) is 0 Å². The van der Waals surface area contributed by atoms with Crippen LogP contribution in [0.4, 0.5) is 4.32 Å². The number of rotatable bonds is 2. The maximum absolute atomic E-state index is 13.3. The van der Waals surface area contributed by atoms with Crippen LogP contribution >= 0.6 is 0 Å². The summed E-state index contributed by atoms with van der Waals surface area (Å²) in [7, 11) is 1.71. The van der Waals surface area contributed by atoms with Gasteiger partial charge in [-0.1, -0.05) is 51.8 Å². The fourth-order valence-electron chi connectivity index (χ4n) is 2.08. The summed E-state index contributed by atoms with van der Waals surface area (Å²) in [6.07, 6.45) is 8.66. The van der Waals surface area contributed by atoms with E-state index in [1.165, 1.54) is 32.1 Å². The van der Waals surface area contributed by atoms with Gasteiger partial charge in [-0.15, -0.1) is 0 Å². The van der Waals surface area contributed by atoms with E-state index in [0.717, 1.165) is 12.8 Å². The van der Waals surface area contributed by atoms with Crippen molar-refractivity contribution < 1.29 is 4.32 Å². The number of hydrogen-bond acceptors (Lipinski definition) is 0. The summed E-state index contributed by atoms with van der Waals surface area (Å²) in [6.45, 7) is 1.19. The Morgan fingerprint density at radius 3 is 2.08 bits per heavy atom. The van der Waals surface area contributed by atoms with Crippen molar-refractivity contribution in [3.05, 3.63) is 0 Å². The van der Waals surface area contributed by atoms with Gasteiger partial charge in [0.2, 0.25) is 0 Å². The SMILES string of the molecule is C[B]B(F)C1CCCCCCC1. The number of halogens is 1. The molecule has 0 heterocycles. The van der Waals surface area contributed by atoms with Gasteiger partial charge in [-0.3, -0.25) is 0 Å². The molecule has 0 spiro atoms. The van der Waals surface area contributed by atoms with Crippen molar-refractivity contribution >= 4 is 14.1 Å². The Labute approximate surface area is 76.7 Å². The third kappa shape index (κ3) is 3.20. The Kier molecular flexibility index (Phi) is 4.79. The fourth-order valence-corrected chi connectivity index (χ4v) is 2.08. The zero-order valence-corrected chi connectivity index (χ0v) is 8.06. The quantitative estimate of drug-likeness (QED) is 0.553. The molecule has 0 aromatic carbocycles. The van der Waals surface area contributed by atoms with Crippen molar-refractivity contribution in [3.8, 4) is 0 Å². The molecule has 0 amide bonds. The smallest absolute Gasteiger partial charge is 0.304 e. The van der Waals surface area contributed by atoms with Crippen LogP contribution in [0.3, 0.4) is 0 Å². The van der Waals surface area contributed by atoms with Crippen molar-refractivity contribution in [2.24, 2.45) is 0 Å². The standard InChI is InChI=1S/C9H18B2F/c1-10-11(12)9-7-5-3-2-4-6-8-9/h9H,2-8H2,1H3. The summed E-state index contributed by atoms with van der Waals surface area (Å²) in [4.78, 5) is 0. The highest BCUT2D eigenvalue weighted by Gasteiger charge is 2.24. The van der Waals surface area contributed by atoms with Crippen molar-refractivity contribution in [1.82, 2.24) is 0 Å². The monoisotopic (exact) mass is 167 g/mol. The first kappa shape index (κ1) is 10.1. The summed E-state index contributed by atoms with van der Waals surface area (Å²) < 4.78 is 13.3. The molecule has 3 heteroatoms. The highest BCUT2D eigenvalue weighted by molar-refractivity contribution is 7.08. The summed E-state index contributed by atoms with van der Waals surface area (Å²) in [5.41, 5.74) is 0. The van der Waals surface area contributed by atoms with Gasteiger partial charge in [0.25, 0.3) is 0 Å². The lowest BCUT2D eigenvalue weighted by molar-refractivity contribution is 0.491. The molecule has 0 unspecified atom stereocenters. The Bertz CT molecular complexity index is 111. The van der Waals surface area contributed by atoms with Crippen LogP contribution in [0.1, 0.15) is 44.9 Å². The highest BCUT2D eigenvalue weighted by atomic mass is 19.1. The van der Waals surface area contributed by atoms with Crippen molar-refractivity contribution in [1.29, 1.82) is 0 Å². The Hall–Kier alpha value is 0.0599. The van der Waals surface area contributed by atoms with Crippen LogP contribution in [-0.2, 0) is 0 Å². The molecular weight excluding hydrogens is 149 g/mol. The topological polar surface area (TPSA) is 0 Å². The second-order valence-corrected chi connectivity index (χ2v) is 3.88. The van der Waals surface area contributed by atoms with Crippen LogP contribution in [0, 0.1) is 0 Å². The molecule has 1 radical (unpaired) electrons. The van der Waals surface area contributed by atoms with Gasteiger partial charge in [-0.05, 0) is 5.82 Å². The maximum Gasteiger partial charge on any atom is 0.304 e. The van der Waals surface area contributed by atoms with Crippen LogP contribution in [0.25, 0.3) is 0 Å². The molecule has 0 saturated heterocycles. The van der Waals surface area contributed by atoms with Crippen LogP contribution < -0.4 is 0 Å². The normalized spacial score (nSPS) is 21.2. The van der Waals surface area contributed by atoms with E-state index in [-0.39, 0.29) is 0 Å². The molecule has 0 atom stereocenters. The molecule has 0 nitrogen and oxygen atoms in total. The van der Waals surface area contributed by atoms with Gasteiger partial charge < -0.3 is 4.32 Å². The van der Waals surface area contributed by atoms with E-state index in [2.05, 4.69) is 0 Å². The first-order valence-electron chi connectivity index (χ1n) is 5.28. The summed E-state index contributed by atoms with van der Waals surface area (Å²) in [5.74, 6) is 0.329. The predicted octanol–water partition coefficient (Wildman–Crippen LogP) is 3.31. The Morgan fingerprint density at radius 2 is 1.58 bits per heavy atom. The molecule has 0 aromatic heterocycles. The van der Waals surface area contributed by atoms with Gasteiger partial charge >= 0.3 is 6.88 Å². The van der Waals surface area contributed by atoms with Crippen molar-refractivity contribution in [3.63, 3.8) is 0 Å². The third-order valence-corrected chi connectivity index (χ3v) is 2.92. The van der Waals surface area contributed by atoms with E-state index in [0.29, 0.717) is 5.82 Å². The van der Waals surface area contributed by atoms with Gasteiger partial charge in [0.05, 0.1) is 0 Å². The molecule has 1 rings (SSSR count). The maximum atomic E-state index is 13.3. The average Bonchev–Trinajstić information content (AvgIpc) is 2.02. The molecule has 1 saturated carbocycles. The minimum absolute atomic E-state index is 0.329. The zero-order chi connectivity index (χ0) is 8.81.